The highest BCUT2D eigenvalue weighted by Gasteiger charge is 2.22. The number of quaternary nitrogens is 1. The molecule has 0 aliphatic carbocycles. The van der Waals surface area contributed by atoms with Crippen LogP contribution in [0.1, 0.15) is 450 Å². The number of carboxylic acids is 1. The number of ether oxygens (including phenoxy) is 4. The Hall–Kier alpha value is -3.27. The maximum Gasteiger partial charge on any atom is 0.306 e. The highest BCUT2D eigenvalue weighted by Crippen LogP contribution is 2.21. The van der Waals surface area contributed by atoms with Crippen LogP contribution in [-0.2, 0) is 33.3 Å². The Labute approximate surface area is 640 Å². The first-order chi connectivity index (χ1) is 50.6. The second-order valence-electron chi connectivity index (χ2n) is 31.9. The first kappa shape index (κ1) is 99.7. The summed E-state index contributed by atoms with van der Waals surface area (Å²) in [6.07, 6.45) is 112. The first-order valence-corrected chi connectivity index (χ1v) is 45.1. The second-order valence-corrected chi connectivity index (χ2v) is 31.9. The molecule has 602 valence electrons. The van der Waals surface area contributed by atoms with Crippen molar-refractivity contribution >= 4 is 17.9 Å². The van der Waals surface area contributed by atoms with Crippen molar-refractivity contribution in [2.75, 3.05) is 47.5 Å². The maximum atomic E-state index is 13.0. The van der Waals surface area contributed by atoms with E-state index in [1.807, 2.05) is 21.1 Å². The molecule has 0 fully saturated rings. The van der Waals surface area contributed by atoms with Gasteiger partial charge in [-0.2, -0.15) is 0 Å². The van der Waals surface area contributed by atoms with E-state index in [9.17, 15) is 19.5 Å². The van der Waals surface area contributed by atoms with Gasteiger partial charge in [-0.3, -0.25) is 9.59 Å². The van der Waals surface area contributed by atoms with Crippen molar-refractivity contribution in [3.05, 3.63) is 72.9 Å². The van der Waals surface area contributed by atoms with Gasteiger partial charge in [-0.25, -0.2) is 0 Å². The van der Waals surface area contributed by atoms with Gasteiger partial charge in [0.1, 0.15) is 13.2 Å². The van der Waals surface area contributed by atoms with Gasteiger partial charge in [0.15, 0.2) is 12.4 Å². The van der Waals surface area contributed by atoms with E-state index in [-0.39, 0.29) is 32.2 Å². The number of hydrogen-bond acceptors (Lipinski definition) is 8. The van der Waals surface area contributed by atoms with Crippen LogP contribution < -0.4 is 5.11 Å². The molecule has 0 aromatic heterocycles. The van der Waals surface area contributed by atoms with Crippen LogP contribution in [0.3, 0.4) is 0 Å². The fourth-order valence-electron chi connectivity index (χ4n) is 13.6. The molecular formula is C94H173NO8. The molecule has 0 radical (unpaired) electrons. The molecule has 0 heterocycles. The lowest BCUT2D eigenvalue weighted by molar-refractivity contribution is -0.870. The zero-order valence-electron chi connectivity index (χ0n) is 69.2. The maximum absolute atomic E-state index is 13.0. The van der Waals surface area contributed by atoms with Gasteiger partial charge < -0.3 is 33.3 Å². The lowest BCUT2D eigenvalue weighted by atomic mass is 10.0. The minimum atomic E-state index is -1.62. The number of carbonyl (C=O) groups excluding carboxylic acids is 3. The third-order valence-corrected chi connectivity index (χ3v) is 20.4. The number of hydrogen-bond donors (Lipinski definition) is 0. The van der Waals surface area contributed by atoms with E-state index in [2.05, 4.69) is 86.8 Å². The average Bonchev–Trinajstić information content (AvgIpc) is 1.01. The Morgan fingerprint density at radius 1 is 0.301 bits per heavy atom. The number of carboxylic acid groups (broad SMARTS) is 1. The molecular weight excluding hydrogens is 1270 g/mol. The van der Waals surface area contributed by atoms with Crippen LogP contribution in [0.25, 0.3) is 0 Å². The highest BCUT2D eigenvalue weighted by atomic mass is 16.7. The predicted molar refractivity (Wildman–Crippen MR) is 445 cm³/mol. The average molecular weight is 1450 g/mol. The van der Waals surface area contributed by atoms with Crippen LogP contribution in [0.15, 0.2) is 72.9 Å². The zero-order valence-corrected chi connectivity index (χ0v) is 69.2. The molecule has 2 unspecified atom stereocenters. The van der Waals surface area contributed by atoms with Crippen molar-refractivity contribution in [1.29, 1.82) is 0 Å². The van der Waals surface area contributed by atoms with Gasteiger partial charge in [-0.05, 0) is 83.5 Å². The third-order valence-electron chi connectivity index (χ3n) is 20.4. The Morgan fingerprint density at radius 2 is 0.553 bits per heavy atom. The minimum Gasteiger partial charge on any atom is -0.545 e. The molecule has 0 amide bonds. The molecule has 0 aromatic rings. The van der Waals surface area contributed by atoms with Crippen LogP contribution in [0, 0.1) is 0 Å². The standard InChI is InChI=1S/C94H173NO8/c1-6-8-10-12-14-16-18-20-22-24-26-28-30-32-34-36-38-40-42-44-45-46-47-49-51-53-55-57-59-61-63-65-67-69-71-73-75-77-79-81-83-85-92(97)103-90(89-102-94(93(98)99)100-87-86-95(3,4)5)88-101-91(96)84-82-80-78-76-74-72-70-68-66-64-62-60-58-56-54-52-50-48-43-41-39-37-35-33-31-29-27-25-23-21-19-17-15-13-11-9-7-2/h8,10,14,16,19-22,25-28,90,94H,6-7,9,11-13,15,17-18,23-24,29-89H2,1-5H3/b10-8-,16-14-,21-19-,22-20-,27-25-,28-26-. The summed E-state index contributed by atoms with van der Waals surface area (Å²) in [5, 5.41) is 11.9. The Bertz CT molecular complexity index is 1930. The SMILES string of the molecule is CC/C=C\C/C=C\C/C=C\C/C=C\CCCCCCCCCCCCCCCCCCCCCCCCCCCCCCC(=O)OC(COC(=O)CCCCCCCCCCCCCCCCCCCCCCCCCCC/C=C\C/C=C\CCCCCCC)COC(OCC[N+](C)(C)C)C(=O)[O-]. The Kier molecular flexibility index (Phi) is 81.7. The number of carbonyl (C=O) groups is 3. The van der Waals surface area contributed by atoms with Gasteiger partial charge in [0, 0.05) is 12.8 Å². The molecule has 103 heavy (non-hydrogen) atoms. The molecule has 9 heteroatoms. The molecule has 0 N–H and O–H groups in total. The van der Waals surface area contributed by atoms with E-state index < -0.39 is 24.3 Å². The first-order valence-electron chi connectivity index (χ1n) is 45.1. The molecule has 0 saturated heterocycles. The number of rotatable bonds is 85. The van der Waals surface area contributed by atoms with Crippen molar-refractivity contribution < 1.29 is 42.9 Å². The number of esters is 2. The number of likely N-dealkylation sites (N-methyl/N-ethyl adjacent to an activating group) is 1. The molecule has 0 bridgehead atoms. The normalized spacial score (nSPS) is 12.9. The number of nitrogens with zero attached hydrogens (tertiary/aromatic N) is 1. The molecule has 9 nitrogen and oxygen atoms in total. The van der Waals surface area contributed by atoms with E-state index in [4.69, 9.17) is 18.9 Å². The second kappa shape index (κ2) is 84.4. The zero-order chi connectivity index (χ0) is 74.6. The largest absolute Gasteiger partial charge is 0.545 e. The molecule has 2 atom stereocenters. The quantitative estimate of drug-likeness (QED) is 0.0195. The van der Waals surface area contributed by atoms with Gasteiger partial charge in [0.05, 0.1) is 40.3 Å². The highest BCUT2D eigenvalue weighted by molar-refractivity contribution is 5.70. The predicted octanol–water partition coefficient (Wildman–Crippen LogP) is 28.2. The van der Waals surface area contributed by atoms with Gasteiger partial charge in [0.25, 0.3) is 0 Å². The van der Waals surface area contributed by atoms with Gasteiger partial charge >= 0.3 is 11.9 Å². The molecule has 0 aromatic carbocycles. The fraction of sp³-hybridized carbons (Fsp3) is 0.840. The van der Waals surface area contributed by atoms with Crippen LogP contribution in [0.2, 0.25) is 0 Å². The summed E-state index contributed by atoms with van der Waals surface area (Å²) in [4.78, 5) is 37.7. The van der Waals surface area contributed by atoms with Crippen LogP contribution in [-0.4, -0.2) is 82.3 Å². The van der Waals surface area contributed by atoms with Crippen molar-refractivity contribution in [3.63, 3.8) is 0 Å². The summed E-state index contributed by atoms with van der Waals surface area (Å²) >= 11 is 0. The fourth-order valence-corrected chi connectivity index (χ4v) is 13.6. The summed E-state index contributed by atoms with van der Waals surface area (Å²) in [6, 6.07) is 0. The summed E-state index contributed by atoms with van der Waals surface area (Å²) < 4.78 is 22.9. The van der Waals surface area contributed by atoms with Crippen molar-refractivity contribution in [3.8, 4) is 0 Å². The minimum absolute atomic E-state index is 0.151. The Balaban J connectivity index is 3.89. The van der Waals surface area contributed by atoms with Crippen LogP contribution in [0.4, 0.5) is 0 Å². The smallest absolute Gasteiger partial charge is 0.306 e. The van der Waals surface area contributed by atoms with E-state index in [1.54, 1.807) is 0 Å². The molecule has 0 aliphatic rings. The number of aliphatic carboxylic acids is 1. The van der Waals surface area contributed by atoms with E-state index in [0.717, 1.165) is 70.6 Å². The van der Waals surface area contributed by atoms with Crippen LogP contribution >= 0.6 is 0 Å². The summed E-state index contributed by atoms with van der Waals surface area (Å²) in [5.74, 6) is -2.25. The summed E-state index contributed by atoms with van der Waals surface area (Å²) in [5.41, 5.74) is 0. The molecule has 0 saturated carbocycles. The molecule has 0 rings (SSSR count). The van der Waals surface area contributed by atoms with Crippen LogP contribution in [0.5, 0.6) is 0 Å². The van der Waals surface area contributed by atoms with Crippen molar-refractivity contribution in [2.24, 2.45) is 0 Å². The number of unbranched alkanes of at least 4 members (excludes halogenated alkanes) is 58. The third kappa shape index (κ3) is 85.9. The Morgan fingerprint density at radius 3 is 0.825 bits per heavy atom. The lowest BCUT2D eigenvalue weighted by Gasteiger charge is -2.26. The summed E-state index contributed by atoms with van der Waals surface area (Å²) in [6.45, 7) is 4.70. The van der Waals surface area contributed by atoms with E-state index in [1.165, 1.54) is 353 Å². The lowest BCUT2D eigenvalue weighted by Crippen LogP contribution is -2.44. The number of allylic oxidation sites excluding steroid dienone is 12. The van der Waals surface area contributed by atoms with E-state index in [0.29, 0.717) is 17.4 Å². The van der Waals surface area contributed by atoms with Gasteiger partial charge in [0.2, 0.25) is 0 Å². The monoisotopic (exact) mass is 1440 g/mol. The molecule has 0 spiro atoms. The summed E-state index contributed by atoms with van der Waals surface area (Å²) in [7, 11) is 5.96. The van der Waals surface area contributed by atoms with Crippen molar-refractivity contribution in [1.82, 2.24) is 0 Å². The van der Waals surface area contributed by atoms with Gasteiger partial charge in [-0.15, -0.1) is 0 Å². The van der Waals surface area contributed by atoms with Crippen molar-refractivity contribution in [2.45, 2.75) is 463 Å². The van der Waals surface area contributed by atoms with E-state index >= 15 is 0 Å². The molecule has 0 aliphatic heterocycles. The van der Waals surface area contributed by atoms with Gasteiger partial charge in [-0.1, -0.05) is 427 Å². The topological polar surface area (TPSA) is 111 Å².